The number of rotatable bonds is 4. The van der Waals surface area contributed by atoms with Gasteiger partial charge >= 0.3 is 0 Å². The summed E-state index contributed by atoms with van der Waals surface area (Å²) in [5.74, 6) is 0. The third kappa shape index (κ3) is 3.22. The third-order valence-corrected chi connectivity index (χ3v) is 3.30. The zero-order chi connectivity index (χ0) is 13.2. The molecule has 1 aromatic heterocycles. The average Bonchev–Trinajstić information content (AvgIpc) is 2.67. The fourth-order valence-corrected chi connectivity index (χ4v) is 2.24. The number of nitrogens with two attached hydrogens (primary N) is 1. The Morgan fingerprint density at radius 3 is 2.94 bits per heavy atom. The zero-order valence-electron chi connectivity index (χ0n) is 11.0. The van der Waals surface area contributed by atoms with Gasteiger partial charge in [0.15, 0.2) is 0 Å². The van der Waals surface area contributed by atoms with Crippen LogP contribution in [-0.4, -0.2) is 57.7 Å². The van der Waals surface area contributed by atoms with Crippen molar-refractivity contribution in [2.75, 3.05) is 32.0 Å². The van der Waals surface area contributed by atoms with E-state index in [2.05, 4.69) is 23.8 Å². The highest BCUT2D eigenvalue weighted by Crippen LogP contribution is 2.19. The van der Waals surface area contributed by atoms with Crippen molar-refractivity contribution < 1.29 is 9.84 Å². The smallest absolute Gasteiger partial charge is 0.0862 e. The van der Waals surface area contributed by atoms with Gasteiger partial charge in [0.05, 0.1) is 37.7 Å². The van der Waals surface area contributed by atoms with E-state index in [0.29, 0.717) is 25.4 Å². The minimum atomic E-state index is -0.457. The summed E-state index contributed by atoms with van der Waals surface area (Å²) in [6.07, 6.45) is 2.86. The van der Waals surface area contributed by atoms with Crippen LogP contribution < -0.4 is 5.73 Å². The molecule has 2 rings (SSSR count). The highest BCUT2D eigenvalue weighted by atomic mass is 16.5. The minimum absolute atomic E-state index is 0.0254. The number of hydrogen-bond acceptors (Lipinski definition) is 5. The van der Waals surface area contributed by atoms with E-state index in [1.165, 1.54) is 0 Å². The summed E-state index contributed by atoms with van der Waals surface area (Å²) in [5, 5.41) is 14.2. The molecule has 1 aromatic rings. The molecule has 1 fully saturated rings. The number of ether oxygens (including phenoxy) is 1. The first-order valence-electron chi connectivity index (χ1n) is 6.26. The maximum Gasteiger partial charge on any atom is 0.0862 e. The molecule has 1 unspecified atom stereocenters. The largest absolute Gasteiger partial charge is 0.396 e. The van der Waals surface area contributed by atoms with Crippen molar-refractivity contribution in [2.45, 2.75) is 32.0 Å². The zero-order valence-corrected chi connectivity index (χ0v) is 11.0. The summed E-state index contributed by atoms with van der Waals surface area (Å²) < 4.78 is 7.13. The fourth-order valence-electron chi connectivity index (χ4n) is 2.24. The van der Waals surface area contributed by atoms with E-state index in [4.69, 9.17) is 10.5 Å². The molecule has 0 spiro atoms. The molecule has 6 heteroatoms. The van der Waals surface area contributed by atoms with Crippen LogP contribution in [0.25, 0.3) is 0 Å². The van der Waals surface area contributed by atoms with Crippen LogP contribution in [0.5, 0.6) is 0 Å². The van der Waals surface area contributed by atoms with Crippen LogP contribution in [0.4, 0.5) is 5.69 Å². The van der Waals surface area contributed by atoms with E-state index in [-0.39, 0.29) is 5.54 Å². The lowest BCUT2D eigenvalue weighted by molar-refractivity contribution is -0.0681. The first-order valence-corrected chi connectivity index (χ1v) is 6.26. The molecule has 3 N–H and O–H groups in total. The second-order valence-corrected chi connectivity index (χ2v) is 5.46. The van der Waals surface area contributed by atoms with Gasteiger partial charge < -0.3 is 15.6 Å². The summed E-state index contributed by atoms with van der Waals surface area (Å²) in [7, 11) is 0. The Morgan fingerprint density at radius 1 is 1.56 bits per heavy atom. The number of anilines is 1. The first-order chi connectivity index (χ1) is 8.47. The van der Waals surface area contributed by atoms with Crippen molar-refractivity contribution in [3.8, 4) is 0 Å². The van der Waals surface area contributed by atoms with E-state index >= 15 is 0 Å². The van der Waals surface area contributed by atoms with Gasteiger partial charge in [0.2, 0.25) is 0 Å². The van der Waals surface area contributed by atoms with Gasteiger partial charge in [0.1, 0.15) is 0 Å². The molecular formula is C12H22N4O2. The number of aromatic nitrogens is 2. The van der Waals surface area contributed by atoms with Crippen molar-refractivity contribution in [1.82, 2.24) is 14.7 Å². The second-order valence-electron chi connectivity index (χ2n) is 5.46. The number of aliphatic hydroxyl groups is 1. The summed E-state index contributed by atoms with van der Waals surface area (Å²) in [5.41, 5.74) is 6.18. The van der Waals surface area contributed by atoms with Gasteiger partial charge in [-0.15, -0.1) is 0 Å². The van der Waals surface area contributed by atoms with E-state index in [1.54, 1.807) is 17.1 Å². The second kappa shape index (κ2) is 5.26. The van der Waals surface area contributed by atoms with Gasteiger partial charge in [-0.1, -0.05) is 0 Å². The lowest BCUT2D eigenvalue weighted by Crippen LogP contribution is -2.55. The average molecular weight is 254 g/mol. The maximum atomic E-state index is 10.1. The van der Waals surface area contributed by atoms with Crippen molar-refractivity contribution in [3.05, 3.63) is 12.4 Å². The first kappa shape index (κ1) is 13.3. The molecule has 102 valence electrons. The van der Waals surface area contributed by atoms with Gasteiger partial charge in [0.25, 0.3) is 0 Å². The standard InChI is InChI=1S/C12H22N4O2/c1-12(2)9-18-4-3-15(12)7-11(17)8-16-6-10(13)5-14-16/h5-6,11,17H,3-4,7-9,13H2,1-2H3. The molecule has 0 saturated carbocycles. The summed E-state index contributed by atoms with van der Waals surface area (Å²) in [6.45, 7) is 7.63. The molecule has 1 saturated heterocycles. The van der Waals surface area contributed by atoms with Crippen molar-refractivity contribution in [2.24, 2.45) is 0 Å². The topological polar surface area (TPSA) is 76.5 Å². The van der Waals surface area contributed by atoms with Crippen LogP contribution in [0.15, 0.2) is 12.4 Å². The van der Waals surface area contributed by atoms with Crippen LogP contribution >= 0.6 is 0 Å². The lowest BCUT2D eigenvalue weighted by atomic mass is 10.0. The van der Waals surface area contributed by atoms with Crippen molar-refractivity contribution in [1.29, 1.82) is 0 Å². The third-order valence-electron chi connectivity index (χ3n) is 3.30. The SMILES string of the molecule is CC1(C)COCCN1CC(O)Cn1cc(N)cn1. The van der Waals surface area contributed by atoms with Crippen LogP contribution in [0.1, 0.15) is 13.8 Å². The van der Waals surface area contributed by atoms with Crippen LogP contribution in [0.3, 0.4) is 0 Å². The number of hydrogen-bond donors (Lipinski definition) is 2. The van der Waals surface area contributed by atoms with Gasteiger partial charge in [-0.25, -0.2) is 0 Å². The number of aliphatic hydroxyl groups excluding tert-OH is 1. The predicted octanol–water partition coefficient (Wildman–Crippen LogP) is -0.0630. The van der Waals surface area contributed by atoms with Gasteiger partial charge in [-0.2, -0.15) is 5.10 Å². The molecule has 1 atom stereocenters. The van der Waals surface area contributed by atoms with Crippen LogP contribution in [0.2, 0.25) is 0 Å². The highest BCUT2D eigenvalue weighted by Gasteiger charge is 2.31. The Kier molecular flexibility index (Phi) is 3.89. The molecule has 18 heavy (non-hydrogen) atoms. The quantitative estimate of drug-likeness (QED) is 0.787. The van der Waals surface area contributed by atoms with E-state index < -0.39 is 6.10 Å². The molecule has 0 aromatic carbocycles. The Morgan fingerprint density at radius 2 is 2.33 bits per heavy atom. The molecule has 2 heterocycles. The van der Waals surface area contributed by atoms with E-state index in [1.807, 2.05) is 0 Å². The van der Waals surface area contributed by atoms with Gasteiger partial charge in [-0.05, 0) is 13.8 Å². The molecule has 6 nitrogen and oxygen atoms in total. The molecule has 1 aliphatic heterocycles. The monoisotopic (exact) mass is 254 g/mol. The van der Waals surface area contributed by atoms with E-state index in [9.17, 15) is 5.11 Å². The summed E-state index contributed by atoms with van der Waals surface area (Å²) in [4.78, 5) is 2.26. The van der Waals surface area contributed by atoms with Crippen LogP contribution in [-0.2, 0) is 11.3 Å². The lowest BCUT2D eigenvalue weighted by Gasteiger charge is -2.42. The summed E-state index contributed by atoms with van der Waals surface area (Å²) >= 11 is 0. The minimum Gasteiger partial charge on any atom is -0.396 e. The molecule has 0 bridgehead atoms. The van der Waals surface area contributed by atoms with E-state index in [0.717, 1.165) is 13.2 Å². The van der Waals surface area contributed by atoms with Crippen molar-refractivity contribution in [3.63, 3.8) is 0 Å². The van der Waals surface area contributed by atoms with Gasteiger partial charge in [0, 0.05) is 24.8 Å². The van der Waals surface area contributed by atoms with Crippen molar-refractivity contribution >= 4 is 5.69 Å². The number of nitrogen functional groups attached to an aromatic ring is 1. The molecular weight excluding hydrogens is 232 g/mol. The number of β-amino-alcohol motifs (C(OH)–C–C–N with tert-alkyl or cyclic N) is 1. The Balaban J connectivity index is 1.88. The molecule has 0 amide bonds. The predicted molar refractivity (Wildman–Crippen MR) is 69.1 cm³/mol. The number of nitrogens with zero attached hydrogens (tertiary/aromatic N) is 3. The number of morpholine rings is 1. The van der Waals surface area contributed by atoms with Gasteiger partial charge in [-0.3, -0.25) is 9.58 Å². The Labute approximate surface area is 107 Å². The Hall–Kier alpha value is -1.11. The highest BCUT2D eigenvalue weighted by molar-refractivity contribution is 5.30. The fraction of sp³-hybridized carbons (Fsp3) is 0.750. The Bertz CT molecular complexity index is 391. The normalized spacial score (nSPS) is 21.9. The molecule has 1 aliphatic rings. The molecule has 0 aliphatic carbocycles. The van der Waals surface area contributed by atoms with Crippen LogP contribution in [0, 0.1) is 0 Å². The molecule has 0 radical (unpaired) electrons. The maximum absolute atomic E-state index is 10.1. The summed E-state index contributed by atoms with van der Waals surface area (Å²) in [6, 6.07) is 0.